The number of thiazole rings is 1. The second-order valence-electron chi connectivity index (χ2n) is 9.43. The average Bonchev–Trinajstić information content (AvgIpc) is 3.37. The summed E-state index contributed by atoms with van der Waals surface area (Å²) >= 11 is 1.77. The summed E-state index contributed by atoms with van der Waals surface area (Å²) in [6, 6.07) is 10.4. The number of benzene rings is 1. The highest BCUT2D eigenvalue weighted by Gasteiger charge is 2.19. The molecule has 0 fully saturated rings. The third kappa shape index (κ3) is 18.7. The fourth-order valence-corrected chi connectivity index (χ4v) is 5.21. The molecule has 1 aromatic carbocycles. The SMILES string of the molecule is C=C(CC(Cc1ccccc1)NC(=O)CCc1nc2c(s1)CC(CC)C=C2)CN(C)C.C=O.CN.CNC.NC=O. The first kappa shape index (κ1) is 40.0. The molecule has 2 atom stereocenters. The number of aromatic nitrogens is 1. The Bertz CT molecular complexity index is 995. The number of hydrogen-bond donors (Lipinski definition) is 4. The summed E-state index contributed by atoms with van der Waals surface area (Å²) in [6.07, 6.45) is 9.68. The molecule has 1 heterocycles. The van der Waals surface area contributed by atoms with E-state index in [2.05, 4.69) is 64.8 Å². The largest absolute Gasteiger partial charge is 0.372 e. The van der Waals surface area contributed by atoms with Gasteiger partial charge in [-0.25, -0.2) is 4.98 Å². The van der Waals surface area contributed by atoms with E-state index in [1.165, 1.54) is 17.5 Å². The zero-order valence-electron chi connectivity index (χ0n) is 25.8. The van der Waals surface area contributed by atoms with Crippen molar-refractivity contribution in [3.8, 4) is 0 Å². The maximum atomic E-state index is 12.8. The summed E-state index contributed by atoms with van der Waals surface area (Å²) in [5.74, 6) is 0.715. The van der Waals surface area contributed by atoms with Crippen LogP contribution in [0.5, 0.6) is 0 Å². The van der Waals surface area contributed by atoms with E-state index in [4.69, 9.17) is 14.6 Å². The van der Waals surface area contributed by atoms with Gasteiger partial charge in [0.25, 0.3) is 0 Å². The van der Waals surface area contributed by atoms with Crippen molar-refractivity contribution in [2.24, 2.45) is 17.4 Å². The molecular formula is C31H52N6O3S. The molecule has 41 heavy (non-hydrogen) atoms. The van der Waals surface area contributed by atoms with Crippen LogP contribution in [0.15, 0.2) is 48.6 Å². The predicted molar refractivity (Wildman–Crippen MR) is 174 cm³/mol. The van der Waals surface area contributed by atoms with Gasteiger partial charge in [-0.2, -0.15) is 0 Å². The highest BCUT2D eigenvalue weighted by atomic mass is 32.1. The molecule has 0 saturated carbocycles. The predicted octanol–water partition coefficient (Wildman–Crippen LogP) is 3.23. The quantitative estimate of drug-likeness (QED) is 0.233. The molecule has 0 radical (unpaired) electrons. The molecule has 0 aliphatic heterocycles. The lowest BCUT2D eigenvalue weighted by Crippen LogP contribution is -2.37. The fourth-order valence-electron chi connectivity index (χ4n) is 4.06. The van der Waals surface area contributed by atoms with Gasteiger partial charge < -0.3 is 31.8 Å². The van der Waals surface area contributed by atoms with Crippen LogP contribution < -0.4 is 22.1 Å². The Labute approximate surface area is 251 Å². The summed E-state index contributed by atoms with van der Waals surface area (Å²) in [6.45, 7) is 9.28. The van der Waals surface area contributed by atoms with E-state index in [-0.39, 0.29) is 18.4 Å². The third-order valence-corrected chi connectivity index (χ3v) is 6.75. The lowest BCUT2D eigenvalue weighted by molar-refractivity contribution is -0.121. The van der Waals surface area contributed by atoms with E-state index in [9.17, 15) is 4.79 Å². The summed E-state index contributed by atoms with van der Waals surface area (Å²) in [7, 11) is 9.34. The van der Waals surface area contributed by atoms with Gasteiger partial charge in [0.05, 0.1) is 10.7 Å². The monoisotopic (exact) mass is 588 g/mol. The van der Waals surface area contributed by atoms with Crippen LogP contribution in [0.25, 0.3) is 6.08 Å². The molecular weight excluding hydrogens is 536 g/mol. The number of likely N-dealkylation sites (N-methyl/N-ethyl adjacent to an activating group) is 1. The van der Waals surface area contributed by atoms with Crippen molar-refractivity contribution in [2.75, 3.05) is 41.8 Å². The highest BCUT2D eigenvalue weighted by Crippen LogP contribution is 2.29. The Morgan fingerprint density at radius 1 is 1.22 bits per heavy atom. The van der Waals surface area contributed by atoms with E-state index in [1.54, 1.807) is 11.3 Å². The normalized spacial score (nSPS) is 13.2. The topological polar surface area (TPSA) is 143 Å². The zero-order valence-corrected chi connectivity index (χ0v) is 26.6. The number of nitrogens with one attached hydrogen (secondary N) is 2. The van der Waals surface area contributed by atoms with Crippen LogP contribution in [-0.2, 0) is 33.6 Å². The number of allylic oxidation sites excluding steroid dienone is 1. The maximum absolute atomic E-state index is 12.8. The van der Waals surface area contributed by atoms with Crippen LogP contribution >= 0.6 is 11.3 Å². The van der Waals surface area contributed by atoms with Crippen molar-refractivity contribution < 1.29 is 14.4 Å². The standard InChI is InChI=1S/C26H35N3OS.C2H7N.CH3NO.CH5N.CH2O/c1-5-20-11-12-23-24(17-20)31-26(28-23)14-13-25(30)27-22(15-19(2)18-29(3)4)16-21-9-7-6-8-10-21;1-3-2;2-1-3;2*1-2/h6-12,20,22H,2,5,13-18H2,1,3-4H3,(H,27,30);3H,1-2H3;1H,(H2,2,3);2H2,1H3;1H2. The summed E-state index contributed by atoms with van der Waals surface area (Å²) < 4.78 is 0. The molecule has 1 aliphatic carbocycles. The van der Waals surface area contributed by atoms with Crippen molar-refractivity contribution in [1.29, 1.82) is 0 Å². The lowest BCUT2D eigenvalue weighted by Gasteiger charge is -2.22. The lowest BCUT2D eigenvalue weighted by atomic mass is 9.96. The van der Waals surface area contributed by atoms with Gasteiger partial charge in [-0.05, 0) is 78.5 Å². The first-order valence-corrected chi connectivity index (χ1v) is 14.5. The van der Waals surface area contributed by atoms with E-state index in [0.29, 0.717) is 18.8 Å². The average molecular weight is 589 g/mol. The van der Waals surface area contributed by atoms with Crippen molar-refractivity contribution in [2.45, 2.75) is 51.5 Å². The minimum Gasteiger partial charge on any atom is -0.372 e. The first-order chi connectivity index (χ1) is 19.8. The molecule has 10 heteroatoms. The Balaban J connectivity index is 0. The molecule has 1 aliphatic rings. The Morgan fingerprint density at radius 3 is 2.34 bits per heavy atom. The Hall–Kier alpha value is -3.18. The van der Waals surface area contributed by atoms with Gasteiger partial charge in [0.15, 0.2) is 0 Å². The van der Waals surface area contributed by atoms with E-state index in [1.807, 2.05) is 53.2 Å². The molecule has 6 N–H and O–H groups in total. The highest BCUT2D eigenvalue weighted by molar-refractivity contribution is 7.11. The number of hydrogen-bond acceptors (Lipinski definition) is 8. The van der Waals surface area contributed by atoms with Crippen LogP contribution in [0.2, 0.25) is 0 Å². The van der Waals surface area contributed by atoms with Gasteiger partial charge in [-0.15, -0.1) is 11.3 Å². The number of nitrogens with zero attached hydrogens (tertiary/aromatic N) is 2. The third-order valence-electron chi connectivity index (χ3n) is 5.60. The number of rotatable bonds is 11. The van der Waals surface area contributed by atoms with Gasteiger partial charge in [0.1, 0.15) is 6.79 Å². The molecule has 0 saturated heterocycles. The zero-order chi connectivity index (χ0) is 31.6. The molecule has 0 bridgehead atoms. The van der Waals surface area contributed by atoms with Crippen LogP contribution in [-0.4, -0.2) is 76.8 Å². The van der Waals surface area contributed by atoms with Crippen LogP contribution in [0.4, 0.5) is 0 Å². The minimum atomic E-state index is 0.0556. The number of fused-ring (bicyclic) bond motifs is 1. The number of amides is 2. The fraction of sp³-hybridized carbons (Fsp3) is 0.484. The Morgan fingerprint density at radius 2 is 1.80 bits per heavy atom. The van der Waals surface area contributed by atoms with Crippen LogP contribution in [0.3, 0.4) is 0 Å². The second-order valence-corrected chi connectivity index (χ2v) is 10.6. The van der Waals surface area contributed by atoms with Crippen molar-refractivity contribution in [3.05, 3.63) is 69.7 Å². The van der Waals surface area contributed by atoms with Gasteiger partial charge in [0, 0.05) is 30.3 Å². The number of aryl methyl sites for hydroxylation is 1. The van der Waals surface area contributed by atoms with Crippen molar-refractivity contribution in [1.82, 2.24) is 20.5 Å². The van der Waals surface area contributed by atoms with Crippen LogP contribution in [0.1, 0.15) is 47.3 Å². The van der Waals surface area contributed by atoms with Gasteiger partial charge in [-0.1, -0.05) is 55.5 Å². The summed E-state index contributed by atoms with van der Waals surface area (Å²) in [5, 5.41) is 7.08. The molecule has 2 amide bonds. The van der Waals surface area contributed by atoms with Gasteiger partial charge >= 0.3 is 0 Å². The summed E-state index contributed by atoms with van der Waals surface area (Å²) in [5.41, 5.74) is 12.1. The van der Waals surface area contributed by atoms with Crippen molar-refractivity contribution in [3.63, 3.8) is 0 Å². The molecule has 1 aromatic heterocycles. The molecule has 0 spiro atoms. The van der Waals surface area contributed by atoms with Crippen molar-refractivity contribution >= 4 is 36.5 Å². The van der Waals surface area contributed by atoms with Gasteiger partial charge in [0.2, 0.25) is 12.3 Å². The first-order valence-electron chi connectivity index (χ1n) is 13.7. The Kier molecular flexibility index (Phi) is 25.1. The molecule has 2 unspecified atom stereocenters. The summed E-state index contributed by atoms with van der Waals surface area (Å²) in [4.78, 5) is 37.6. The van der Waals surface area contributed by atoms with Gasteiger partial charge in [-0.3, -0.25) is 9.59 Å². The molecule has 230 valence electrons. The second kappa shape index (κ2) is 25.8. The molecule has 2 aromatic rings. The maximum Gasteiger partial charge on any atom is 0.220 e. The van der Waals surface area contributed by atoms with E-state index in [0.717, 1.165) is 48.5 Å². The van der Waals surface area contributed by atoms with E-state index < -0.39 is 0 Å². The molecule has 3 rings (SSSR count). The number of carbonyl (C=O) groups excluding carboxylic acids is 3. The number of carbonyl (C=O) groups is 3. The number of nitrogens with two attached hydrogens (primary N) is 2. The number of primary amides is 1. The van der Waals surface area contributed by atoms with E-state index >= 15 is 0 Å². The van der Waals surface area contributed by atoms with Crippen LogP contribution in [0, 0.1) is 5.92 Å². The minimum absolute atomic E-state index is 0.0556. The molecule has 9 nitrogen and oxygen atoms in total. The smallest absolute Gasteiger partial charge is 0.220 e.